The van der Waals surface area contributed by atoms with Crippen molar-refractivity contribution in [2.45, 2.75) is 0 Å². The minimum atomic E-state index is 1.09. The number of nitrogens with zero attached hydrogens (tertiary/aromatic N) is 2. The normalized spacial score (nSPS) is 11.3. The molecule has 0 bridgehead atoms. The first-order chi connectivity index (χ1) is 30.3. The third kappa shape index (κ3) is 6.72. The molecule has 0 fully saturated rings. The predicted molar refractivity (Wildman–Crippen MR) is 263 cm³/mol. The Bertz CT molecular complexity index is 3280. The van der Waals surface area contributed by atoms with Crippen LogP contribution in [0.25, 0.3) is 64.3 Å². The number of rotatable bonds is 9. The van der Waals surface area contributed by atoms with Crippen molar-refractivity contribution in [2.75, 3.05) is 9.80 Å². The van der Waals surface area contributed by atoms with Crippen LogP contribution in [0.1, 0.15) is 0 Å². The molecule has 0 aliphatic rings. The van der Waals surface area contributed by atoms with Gasteiger partial charge in [-0.25, -0.2) is 0 Å². The number of hydrogen-bond acceptors (Lipinski definition) is 3. The Kier molecular flexibility index (Phi) is 9.42. The summed E-state index contributed by atoms with van der Waals surface area (Å²) in [6.45, 7) is 0. The summed E-state index contributed by atoms with van der Waals surface area (Å²) >= 11 is 1.87. The second-order valence-electron chi connectivity index (χ2n) is 15.3. The lowest BCUT2D eigenvalue weighted by Crippen LogP contribution is -2.13. The Balaban J connectivity index is 1.14. The molecule has 0 aliphatic heterocycles. The van der Waals surface area contributed by atoms with Crippen LogP contribution < -0.4 is 9.80 Å². The summed E-state index contributed by atoms with van der Waals surface area (Å²) in [5.74, 6) is 0. The lowest BCUT2D eigenvalue weighted by atomic mass is 9.96. The van der Waals surface area contributed by atoms with E-state index in [9.17, 15) is 0 Å². The lowest BCUT2D eigenvalue weighted by Gasteiger charge is -2.31. The third-order valence-electron chi connectivity index (χ3n) is 11.7. The van der Waals surface area contributed by atoms with Gasteiger partial charge in [-0.05, 0) is 82.2 Å². The molecule has 0 unspecified atom stereocenters. The van der Waals surface area contributed by atoms with Gasteiger partial charge in [0.15, 0.2) is 0 Å². The summed E-state index contributed by atoms with van der Waals surface area (Å²) in [6.07, 6.45) is 0. The van der Waals surface area contributed by atoms with Crippen LogP contribution in [0, 0.1) is 0 Å². The zero-order valence-corrected chi connectivity index (χ0v) is 34.2. The zero-order chi connectivity index (χ0) is 40.5. The summed E-state index contributed by atoms with van der Waals surface area (Å²) in [4.78, 5) is 4.88. The van der Waals surface area contributed by atoms with E-state index in [1.807, 2.05) is 11.3 Å². The van der Waals surface area contributed by atoms with Gasteiger partial charge in [0.25, 0.3) is 0 Å². The Labute approximate surface area is 360 Å². The standard InChI is InChI=1S/C58H40N2S/c1-4-17-41(18-5-1)42-31-35-48(36-32-42)60(55-28-14-12-26-50(55)43-19-6-2-7-20-43)57-51(39-40-53-52-27-13-15-30-56(52)61-58(53)57)45-33-37-47(38-34-45)59(46-23-8-3-9-24-46)54-29-16-22-44-21-10-11-25-49(44)54/h1-40H. The second-order valence-corrected chi connectivity index (χ2v) is 16.3. The molecule has 0 amide bonds. The van der Waals surface area contributed by atoms with Gasteiger partial charge in [-0.3, -0.25) is 0 Å². The fourth-order valence-electron chi connectivity index (χ4n) is 8.78. The van der Waals surface area contributed by atoms with Crippen LogP contribution in [0.4, 0.5) is 34.1 Å². The molecule has 0 N–H and O–H groups in total. The third-order valence-corrected chi connectivity index (χ3v) is 12.9. The number of thiophene rings is 1. The summed E-state index contributed by atoms with van der Waals surface area (Å²) < 4.78 is 2.52. The molecule has 0 spiro atoms. The minimum absolute atomic E-state index is 1.09. The number of benzene rings is 10. The van der Waals surface area contributed by atoms with Gasteiger partial charge in [-0.15, -0.1) is 11.3 Å². The first kappa shape index (κ1) is 36.4. The van der Waals surface area contributed by atoms with Gasteiger partial charge in [0, 0.05) is 49.0 Å². The second kappa shape index (κ2) is 15.8. The number of fused-ring (bicyclic) bond motifs is 4. The quantitative estimate of drug-likeness (QED) is 0.144. The van der Waals surface area contributed by atoms with Crippen molar-refractivity contribution in [1.29, 1.82) is 0 Å². The topological polar surface area (TPSA) is 6.48 Å². The van der Waals surface area contributed by atoms with Crippen LogP contribution in [0.2, 0.25) is 0 Å². The molecule has 0 radical (unpaired) electrons. The molecule has 288 valence electrons. The maximum Gasteiger partial charge on any atom is 0.0718 e. The molecular weight excluding hydrogens is 757 g/mol. The molecule has 10 aromatic carbocycles. The van der Waals surface area contributed by atoms with Crippen molar-refractivity contribution < 1.29 is 0 Å². The highest BCUT2D eigenvalue weighted by molar-refractivity contribution is 7.26. The number of anilines is 6. The van der Waals surface area contributed by atoms with Crippen LogP contribution in [0.3, 0.4) is 0 Å². The SMILES string of the molecule is c1ccc(-c2ccc(N(c3ccccc3-c3ccccc3)c3c(-c4ccc(N(c5ccccc5)c5cccc6ccccc56)cc4)ccc4c3sc3ccccc34)cc2)cc1. The van der Waals surface area contributed by atoms with Gasteiger partial charge in [-0.2, -0.15) is 0 Å². The Hall–Kier alpha value is -7.72. The molecule has 3 heteroatoms. The van der Waals surface area contributed by atoms with Crippen molar-refractivity contribution >= 4 is 76.4 Å². The largest absolute Gasteiger partial charge is 0.310 e. The highest BCUT2D eigenvalue weighted by Crippen LogP contribution is 2.52. The van der Waals surface area contributed by atoms with E-state index in [0.717, 1.165) is 45.3 Å². The molecule has 0 aliphatic carbocycles. The van der Waals surface area contributed by atoms with E-state index in [1.165, 1.54) is 53.2 Å². The van der Waals surface area contributed by atoms with E-state index < -0.39 is 0 Å². The van der Waals surface area contributed by atoms with Crippen LogP contribution in [0.5, 0.6) is 0 Å². The first-order valence-electron chi connectivity index (χ1n) is 20.8. The van der Waals surface area contributed by atoms with Gasteiger partial charge >= 0.3 is 0 Å². The molecule has 11 rings (SSSR count). The molecule has 0 saturated heterocycles. The fraction of sp³-hybridized carbons (Fsp3) is 0. The van der Waals surface area contributed by atoms with E-state index in [1.54, 1.807) is 0 Å². The van der Waals surface area contributed by atoms with Crippen molar-refractivity contribution in [3.8, 4) is 33.4 Å². The van der Waals surface area contributed by atoms with E-state index in [-0.39, 0.29) is 0 Å². The molecule has 0 atom stereocenters. The van der Waals surface area contributed by atoms with E-state index in [0.29, 0.717) is 0 Å². The highest BCUT2D eigenvalue weighted by atomic mass is 32.1. The van der Waals surface area contributed by atoms with E-state index >= 15 is 0 Å². The Morgan fingerprint density at radius 1 is 0.279 bits per heavy atom. The summed E-state index contributed by atoms with van der Waals surface area (Å²) in [5.41, 5.74) is 13.8. The highest BCUT2D eigenvalue weighted by Gasteiger charge is 2.25. The van der Waals surface area contributed by atoms with Crippen molar-refractivity contribution in [2.24, 2.45) is 0 Å². The van der Waals surface area contributed by atoms with Crippen LogP contribution >= 0.6 is 11.3 Å². The predicted octanol–water partition coefficient (Wildman–Crippen LogP) is 17.1. The molecular formula is C58H40N2S. The zero-order valence-electron chi connectivity index (χ0n) is 33.4. The van der Waals surface area contributed by atoms with Crippen LogP contribution in [0.15, 0.2) is 243 Å². The monoisotopic (exact) mass is 796 g/mol. The van der Waals surface area contributed by atoms with Gasteiger partial charge in [0.05, 0.1) is 21.8 Å². The van der Waals surface area contributed by atoms with Crippen LogP contribution in [-0.2, 0) is 0 Å². The maximum absolute atomic E-state index is 2.50. The van der Waals surface area contributed by atoms with E-state index in [2.05, 4.69) is 252 Å². The van der Waals surface area contributed by atoms with E-state index in [4.69, 9.17) is 0 Å². The number of hydrogen-bond donors (Lipinski definition) is 0. The maximum atomic E-state index is 2.50. The summed E-state index contributed by atoms with van der Waals surface area (Å²) in [7, 11) is 0. The average molecular weight is 797 g/mol. The summed E-state index contributed by atoms with van der Waals surface area (Å²) in [6, 6.07) is 87.8. The lowest BCUT2D eigenvalue weighted by molar-refractivity contribution is 1.29. The van der Waals surface area contributed by atoms with Crippen molar-refractivity contribution in [3.05, 3.63) is 243 Å². The minimum Gasteiger partial charge on any atom is -0.310 e. The molecule has 0 saturated carbocycles. The molecule has 11 aromatic rings. The first-order valence-corrected chi connectivity index (χ1v) is 21.6. The fourth-order valence-corrected chi connectivity index (χ4v) is 10.0. The van der Waals surface area contributed by atoms with Gasteiger partial charge in [0.1, 0.15) is 0 Å². The van der Waals surface area contributed by atoms with Crippen molar-refractivity contribution in [1.82, 2.24) is 0 Å². The van der Waals surface area contributed by atoms with Gasteiger partial charge in [-0.1, -0.05) is 188 Å². The smallest absolute Gasteiger partial charge is 0.0718 e. The van der Waals surface area contributed by atoms with Gasteiger partial charge in [0.2, 0.25) is 0 Å². The molecule has 1 heterocycles. The Morgan fingerprint density at radius 3 is 1.54 bits per heavy atom. The van der Waals surface area contributed by atoms with Crippen LogP contribution in [-0.4, -0.2) is 0 Å². The Morgan fingerprint density at radius 2 is 0.787 bits per heavy atom. The molecule has 2 nitrogen and oxygen atoms in total. The molecule has 61 heavy (non-hydrogen) atoms. The van der Waals surface area contributed by atoms with Gasteiger partial charge < -0.3 is 9.80 Å². The van der Waals surface area contributed by atoms with Crippen molar-refractivity contribution in [3.63, 3.8) is 0 Å². The summed E-state index contributed by atoms with van der Waals surface area (Å²) in [5, 5.41) is 4.95. The average Bonchev–Trinajstić information content (AvgIpc) is 3.72. The number of para-hydroxylation sites is 2. The molecule has 1 aromatic heterocycles.